The molecule has 0 fully saturated rings. The van der Waals surface area contributed by atoms with E-state index in [1.807, 2.05) is 31.6 Å². The average molecular weight is 379 g/mol. The fourth-order valence-electron chi connectivity index (χ4n) is 3.20. The Kier molecular flexibility index (Phi) is 4.92. The van der Waals surface area contributed by atoms with Crippen LogP contribution in [0.4, 0.5) is 0 Å². The second-order valence-corrected chi connectivity index (χ2v) is 7.61. The second-order valence-electron chi connectivity index (χ2n) is 6.66. The number of hydrogen-bond acceptors (Lipinski definition) is 5. The third kappa shape index (κ3) is 3.72. The Morgan fingerprint density at radius 3 is 2.78 bits per heavy atom. The normalized spacial score (nSPS) is 11.4. The smallest absolute Gasteiger partial charge is 0.122 e. The predicted octanol–water partition coefficient (Wildman–Crippen LogP) is 4.34. The summed E-state index contributed by atoms with van der Waals surface area (Å²) in [6.45, 7) is 1.59. The molecule has 0 aliphatic rings. The summed E-state index contributed by atoms with van der Waals surface area (Å²) in [6, 6.07) is 12.5. The van der Waals surface area contributed by atoms with E-state index in [2.05, 4.69) is 51.1 Å². The molecule has 0 unspecified atom stereocenters. The van der Waals surface area contributed by atoms with Crippen LogP contribution < -0.4 is 4.74 Å². The highest BCUT2D eigenvalue weighted by atomic mass is 32.1. The monoisotopic (exact) mass is 378 g/mol. The second kappa shape index (κ2) is 7.50. The van der Waals surface area contributed by atoms with Crippen LogP contribution in [-0.4, -0.2) is 33.6 Å². The zero-order valence-corrected chi connectivity index (χ0v) is 16.5. The quantitative estimate of drug-likeness (QED) is 0.501. The molecule has 1 aromatic carbocycles. The SMILES string of the molecule is COc1ccc2cc(CN(C)Cc3nccn3C)c(-c3cccs3)nc2c1. The number of thiophene rings is 1. The largest absolute Gasteiger partial charge is 0.497 e. The highest BCUT2D eigenvalue weighted by molar-refractivity contribution is 7.13. The fourth-order valence-corrected chi connectivity index (χ4v) is 3.95. The number of rotatable bonds is 6. The molecule has 4 aromatic rings. The summed E-state index contributed by atoms with van der Waals surface area (Å²) in [7, 11) is 5.83. The van der Waals surface area contributed by atoms with E-state index in [0.29, 0.717) is 0 Å². The van der Waals surface area contributed by atoms with Crippen LogP contribution in [0.15, 0.2) is 54.2 Å². The first-order valence-electron chi connectivity index (χ1n) is 8.80. The van der Waals surface area contributed by atoms with Gasteiger partial charge in [-0.1, -0.05) is 6.07 Å². The van der Waals surface area contributed by atoms with E-state index in [1.54, 1.807) is 18.4 Å². The van der Waals surface area contributed by atoms with Gasteiger partial charge in [0.25, 0.3) is 0 Å². The number of methoxy groups -OCH3 is 1. The molecule has 4 rings (SSSR count). The Bertz CT molecular complexity index is 1060. The van der Waals surface area contributed by atoms with E-state index in [9.17, 15) is 0 Å². The lowest BCUT2D eigenvalue weighted by Gasteiger charge is -2.19. The maximum absolute atomic E-state index is 5.36. The minimum atomic E-state index is 0.786. The van der Waals surface area contributed by atoms with Crippen molar-refractivity contribution in [2.75, 3.05) is 14.2 Å². The van der Waals surface area contributed by atoms with Gasteiger partial charge < -0.3 is 9.30 Å². The van der Waals surface area contributed by atoms with Gasteiger partial charge in [0, 0.05) is 37.4 Å². The Hall–Kier alpha value is -2.70. The van der Waals surface area contributed by atoms with Crippen molar-refractivity contribution < 1.29 is 4.74 Å². The van der Waals surface area contributed by atoms with Gasteiger partial charge >= 0.3 is 0 Å². The topological polar surface area (TPSA) is 43.2 Å². The van der Waals surface area contributed by atoms with Crippen molar-refractivity contribution >= 4 is 22.2 Å². The first kappa shape index (κ1) is 17.7. The van der Waals surface area contributed by atoms with Gasteiger partial charge in [-0.25, -0.2) is 9.97 Å². The first-order chi connectivity index (χ1) is 13.1. The maximum atomic E-state index is 5.36. The van der Waals surface area contributed by atoms with E-state index in [0.717, 1.165) is 41.3 Å². The fraction of sp³-hybridized carbons (Fsp3) is 0.238. The van der Waals surface area contributed by atoms with E-state index < -0.39 is 0 Å². The number of imidazole rings is 1. The third-order valence-electron chi connectivity index (χ3n) is 4.63. The van der Waals surface area contributed by atoms with Crippen molar-refractivity contribution in [3.05, 3.63) is 65.6 Å². The molecule has 3 heterocycles. The molecule has 0 radical (unpaired) electrons. The molecule has 0 atom stereocenters. The van der Waals surface area contributed by atoms with Crippen LogP contribution in [0.2, 0.25) is 0 Å². The van der Waals surface area contributed by atoms with Crippen molar-refractivity contribution in [1.82, 2.24) is 19.4 Å². The van der Waals surface area contributed by atoms with Crippen molar-refractivity contribution in [1.29, 1.82) is 0 Å². The molecule has 0 saturated heterocycles. The molecule has 0 amide bonds. The van der Waals surface area contributed by atoms with E-state index >= 15 is 0 Å². The number of ether oxygens (including phenoxy) is 1. The molecular weight excluding hydrogens is 356 g/mol. The Labute approximate surface area is 162 Å². The molecule has 27 heavy (non-hydrogen) atoms. The van der Waals surface area contributed by atoms with Gasteiger partial charge in [0.1, 0.15) is 11.6 Å². The standard InChI is InChI=1S/C21H22N4OS/c1-24(14-20-22-8-9-25(20)2)13-16-11-15-6-7-17(26-3)12-18(15)23-21(16)19-5-4-10-27-19/h4-12H,13-14H2,1-3H3. The van der Waals surface area contributed by atoms with Gasteiger partial charge in [-0.2, -0.15) is 0 Å². The summed E-state index contributed by atoms with van der Waals surface area (Å²) in [5.41, 5.74) is 3.21. The zero-order chi connectivity index (χ0) is 18.8. The van der Waals surface area contributed by atoms with Gasteiger partial charge in [0.15, 0.2) is 0 Å². The van der Waals surface area contributed by atoms with Crippen molar-refractivity contribution in [2.45, 2.75) is 13.1 Å². The maximum Gasteiger partial charge on any atom is 0.122 e. The van der Waals surface area contributed by atoms with E-state index in [-0.39, 0.29) is 0 Å². The third-order valence-corrected chi connectivity index (χ3v) is 5.51. The van der Waals surface area contributed by atoms with Crippen LogP contribution in [0, 0.1) is 0 Å². The number of benzene rings is 1. The van der Waals surface area contributed by atoms with Gasteiger partial charge in [0.05, 0.1) is 29.7 Å². The van der Waals surface area contributed by atoms with E-state index in [4.69, 9.17) is 9.72 Å². The van der Waals surface area contributed by atoms with Gasteiger partial charge in [-0.15, -0.1) is 11.3 Å². The van der Waals surface area contributed by atoms with Crippen LogP contribution >= 0.6 is 11.3 Å². The van der Waals surface area contributed by atoms with Crippen LogP contribution in [0.1, 0.15) is 11.4 Å². The zero-order valence-electron chi connectivity index (χ0n) is 15.7. The number of fused-ring (bicyclic) bond motifs is 1. The molecule has 138 valence electrons. The lowest BCUT2D eigenvalue weighted by molar-refractivity contribution is 0.307. The Morgan fingerprint density at radius 1 is 1.19 bits per heavy atom. The Balaban J connectivity index is 1.71. The minimum Gasteiger partial charge on any atom is -0.497 e. The predicted molar refractivity (Wildman–Crippen MR) is 110 cm³/mol. The van der Waals surface area contributed by atoms with Crippen LogP contribution in [0.3, 0.4) is 0 Å². The average Bonchev–Trinajstić information content (AvgIpc) is 3.33. The summed E-state index contributed by atoms with van der Waals surface area (Å²) in [6.07, 6.45) is 3.82. The highest BCUT2D eigenvalue weighted by Crippen LogP contribution is 2.31. The summed E-state index contributed by atoms with van der Waals surface area (Å²) in [5.74, 6) is 1.88. The molecule has 0 spiro atoms. The number of aromatic nitrogens is 3. The number of pyridine rings is 1. The summed E-state index contributed by atoms with van der Waals surface area (Å²) >= 11 is 1.71. The minimum absolute atomic E-state index is 0.786. The Morgan fingerprint density at radius 2 is 2.07 bits per heavy atom. The molecule has 0 bridgehead atoms. The van der Waals surface area contributed by atoms with Gasteiger partial charge in [-0.05, 0) is 42.3 Å². The first-order valence-corrected chi connectivity index (χ1v) is 9.68. The van der Waals surface area contributed by atoms with Crippen molar-refractivity contribution in [3.63, 3.8) is 0 Å². The van der Waals surface area contributed by atoms with Crippen LogP contribution in [0.25, 0.3) is 21.5 Å². The lowest BCUT2D eigenvalue weighted by Crippen LogP contribution is -2.20. The molecule has 0 aliphatic heterocycles. The summed E-state index contributed by atoms with van der Waals surface area (Å²) in [4.78, 5) is 12.9. The van der Waals surface area contributed by atoms with Gasteiger partial charge in [-0.3, -0.25) is 4.90 Å². The summed E-state index contributed by atoms with van der Waals surface area (Å²) in [5, 5.41) is 3.21. The number of aryl methyl sites for hydroxylation is 1. The summed E-state index contributed by atoms with van der Waals surface area (Å²) < 4.78 is 7.42. The van der Waals surface area contributed by atoms with E-state index in [1.165, 1.54) is 10.4 Å². The number of nitrogens with zero attached hydrogens (tertiary/aromatic N) is 4. The lowest BCUT2D eigenvalue weighted by atomic mass is 10.1. The molecular formula is C21H22N4OS. The molecule has 3 aromatic heterocycles. The highest BCUT2D eigenvalue weighted by Gasteiger charge is 2.14. The molecule has 0 saturated carbocycles. The molecule has 0 N–H and O–H groups in total. The molecule has 6 heteroatoms. The van der Waals surface area contributed by atoms with Crippen molar-refractivity contribution in [2.24, 2.45) is 7.05 Å². The van der Waals surface area contributed by atoms with Crippen LogP contribution in [0.5, 0.6) is 5.75 Å². The van der Waals surface area contributed by atoms with Crippen molar-refractivity contribution in [3.8, 4) is 16.3 Å². The number of hydrogen-bond donors (Lipinski definition) is 0. The molecule has 5 nitrogen and oxygen atoms in total. The van der Waals surface area contributed by atoms with Crippen LogP contribution in [-0.2, 0) is 20.1 Å². The van der Waals surface area contributed by atoms with Gasteiger partial charge in [0.2, 0.25) is 0 Å². The molecule has 0 aliphatic carbocycles.